The average molecular weight is 264 g/mol. The van der Waals surface area contributed by atoms with Crippen LogP contribution in [0.15, 0.2) is 35.8 Å². The number of aromatic nitrogens is 1. The molecule has 0 aliphatic carbocycles. The van der Waals surface area contributed by atoms with E-state index >= 15 is 0 Å². The van der Waals surface area contributed by atoms with Gasteiger partial charge in [-0.25, -0.2) is 9.37 Å². The summed E-state index contributed by atoms with van der Waals surface area (Å²) in [5, 5.41) is 6.53. The Morgan fingerprint density at radius 3 is 2.56 bits per heavy atom. The van der Waals surface area contributed by atoms with Crippen molar-refractivity contribution in [1.29, 1.82) is 0 Å². The molecule has 2 aromatic rings. The number of nitrogens with zero attached hydrogens (tertiary/aromatic N) is 1. The van der Waals surface area contributed by atoms with Gasteiger partial charge in [0.25, 0.3) is 0 Å². The fraction of sp³-hybridized carbons (Fsp3) is 0.357. The molecular formula is C14H17FN2S. The normalized spacial score (nSPS) is 12.9. The maximum absolute atomic E-state index is 12.9. The monoisotopic (exact) mass is 264 g/mol. The highest BCUT2D eigenvalue weighted by Gasteiger charge is 2.15. The van der Waals surface area contributed by atoms with Crippen LogP contribution in [0.3, 0.4) is 0 Å². The Morgan fingerprint density at radius 2 is 2.00 bits per heavy atom. The minimum Gasteiger partial charge on any atom is -0.303 e. The second-order valence-corrected chi connectivity index (χ2v) is 5.56. The van der Waals surface area contributed by atoms with Gasteiger partial charge in [0.1, 0.15) is 10.8 Å². The molecule has 1 atom stereocenters. The number of hydrogen-bond acceptors (Lipinski definition) is 3. The van der Waals surface area contributed by atoms with Crippen LogP contribution in [0.25, 0.3) is 0 Å². The molecule has 0 radical (unpaired) electrons. The van der Waals surface area contributed by atoms with Crippen molar-refractivity contribution in [2.75, 3.05) is 0 Å². The van der Waals surface area contributed by atoms with Gasteiger partial charge in [-0.3, -0.25) is 0 Å². The molecule has 1 aromatic heterocycles. The van der Waals surface area contributed by atoms with Crippen LogP contribution in [-0.2, 0) is 6.54 Å². The number of thiazole rings is 1. The largest absolute Gasteiger partial charge is 0.303 e. The minimum atomic E-state index is -0.193. The molecule has 18 heavy (non-hydrogen) atoms. The second-order valence-electron chi connectivity index (χ2n) is 4.58. The fourth-order valence-electron chi connectivity index (χ4n) is 1.95. The van der Waals surface area contributed by atoms with Gasteiger partial charge in [0.2, 0.25) is 0 Å². The third-order valence-electron chi connectivity index (χ3n) is 2.85. The van der Waals surface area contributed by atoms with Crippen LogP contribution in [-0.4, -0.2) is 4.98 Å². The first-order valence-electron chi connectivity index (χ1n) is 6.04. The molecule has 0 spiro atoms. The molecule has 0 saturated heterocycles. The van der Waals surface area contributed by atoms with Crippen LogP contribution in [0.1, 0.15) is 30.5 Å². The molecule has 1 unspecified atom stereocenters. The summed E-state index contributed by atoms with van der Waals surface area (Å²) in [6.07, 6.45) is 1.81. The number of hydrogen-bond donors (Lipinski definition) is 1. The van der Waals surface area contributed by atoms with Crippen molar-refractivity contribution in [2.45, 2.75) is 26.4 Å². The predicted octanol–water partition coefficient (Wildman–Crippen LogP) is 3.77. The highest BCUT2D eigenvalue weighted by Crippen LogP contribution is 2.22. The number of rotatable bonds is 5. The number of nitrogens with one attached hydrogen (secondary N) is 1. The molecular weight excluding hydrogens is 247 g/mol. The molecule has 0 aliphatic heterocycles. The summed E-state index contributed by atoms with van der Waals surface area (Å²) >= 11 is 1.64. The van der Waals surface area contributed by atoms with Gasteiger partial charge >= 0.3 is 0 Å². The van der Waals surface area contributed by atoms with E-state index in [4.69, 9.17) is 0 Å². The van der Waals surface area contributed by atoms with E-state index < -0.39 is 0 Å². The molecule has 2 rings (SSSR count). The molecule has 4 heteroatoms. The SMILES string of the molecule is CC(C)C(NCc1nccs1)c1ccc(F)cc1. The molecule has 1 N–H and O–H groups in total. The summed E-state index contributed by atoms with van der Waals surface area (Å²) in [7, 11) is 0. The lowest BCUT2D eigenvalue weighted by molar-refractivity contribution is 0.410. The van der Waals surface area contributed by atoms with E-state index in [0.717, 1.165) is 17.1 Å². The van der Waals surface area contributed by atoms with Gasteiger partial charge in [-0.2, -0.15) is 0 Å². The lowest BCUT2D eigenvalue weighted by Crippen LogP contribution is -2.25. The van der Waals surface area contributed by atoms with Gasteiger partial charge in [0, 0.05) is 24.2 Å². The third kappa shape index (κ3) is 3.37. The topological polar surface area (TPSA) is 24.9 Å². The maximum Gasteiger partial charge on any atom is 0.123 e. The van der Waals surface area contributed by atoms with E-state index in [2.05, 4.69) is 24.1 Å². The van der Waals surface area contributed by atoms with Crippen LogP contribution in [0.4, 0.5) is 4.39 Å². The maximum atomic E-state index is 12.9. The number of halogens is 1. The Morgan fingerprint density at radius 1 is 1.28 bits per heavy atom. The van der Waals surface area contributed by atoms with E-state index in [-0.39, 0.29) is 11.9 Å². The van der Waals surface area contributed by atoms with Gasteiger partial charge < -0.3 is 5.32 Å². The third-order valence-corrected chi connectivity index (χ3v) is 3.63. The van der Waals surface area contributed by atoms with Crippen molar-refractivity contribution in [3.63, 3.8) is 0 Å². The summed E-state index contributed by atoms with van der Waals surface area (Å²) in [6, 6.07) is 6.92. The first-order chi connectivity index (χ1) is 8.66. The zero-order valence-corrected chi connectivity index (χ0v) is 11.4. The lowest BCUT2D eigenvalue weighted by atomic mass is 9.96. The molecule has 0 aliphatic rings. The van der Waals surface area contributed by atoms with E-state index in [0.29, 0.717) is 5.92 Å². The van der Waals surface area contributed by atoms with Gasteiger partial charge in [-0.15, -0.1) is 11.3 Å². The van der Waals surface area contributed by atoms with Gasteiger partial charge in [-0.1, -0.05) is 26.0 Å². The minimum absolute atomic E-state index is 0.193. The highest BCUT2D eigenvalue weighted by atomic mass is 32.1. The Bertz CT molecular complexity index is 465. The molecule has 96 valence electrons. The van der Waals surface area contributed by atoms with Crippen molar-refractivity contribution in [3.8, 4) is 0 Å². The summed E-state index contributed by atoms with van der Waals surface area (Å²) in [5.41, 5.74) is 1.11. The smallest absolute Gasteiger partial charge is 0.123 e. The van der Waals surface area contributed by atoms with Crippen LogP contribution in [0, 0.1) is 11.7 Å². The van der Waals surface area contributed by atoms with Crippen LogP contribution < -0.4 is 5.32 Å². The summed E-state index contributed by atoms with van der Waals surface area (Å²) < 4.78 is 12.9. The Hall–Kier alpha value is -1.26. The van der Waals surface area contributed by atoms with Crippen LogP contribution in [0.5, 0.6) is 0 Å². The van der Waals surface area contributed by atoms with Gasteiger partial charge in [0.05, 0.1) is 0 Å². The zero-order chi connectivity index (χ0) is 13.0. The highest BCUT2D eigenvalue weighted by molar-refractivity contribution is 7.09. The fourth-order valence-corrected chi connectivity index (χ4v) is 2.51. The van der Waals surface area contributed by atoms with E-state index in [9.17, 15) is 4.39 Å². The molecule has 0 fully saturated rings. The second kappa shape index (κ2) is 6.07. The summed E-state index contributed by atoms with van der Waals surface area (Å²) in [5.74, 6) is 0.247. The summed E-state index contributed by atoms with van der Waals surface area (Å²) in [6.45, 7) is 5.06. The van der Waals surface area contributed by atoms with Crippen molar-refractivity contribution in [1.82, 2.24) is 10.3 Å². The molecule has 1 heterocycles. The van der Waals surface area contributed by atoms with Gasteiger partial charge in [-0.05, 0) is 23.6 Å². The first kappa shape index (κ1) is 13.2. The quantitative estimate of drug-likeness (QED) is 0.889. The molecule has 0 saturated carbocycles. The standard InChI is InChI=1S/C14H17FN2S/c1-10(2)14(11-3-5-12(15)6-4-11)17-9-13-16-7-8-18-13/h3-8,10,14,17H,9H2,1-2H3. The van der Waals surface area contributed by atoms with E-state index in [1.165, 1.54) is 12.1 Å². The Labute approximate surface area is 111 Å². The molecule has 0 bridgehead atoms. The Kier molecular flexibility index (Phi) is 4.44. The number of benzene rings is 1. The van der Waals surface area contributed by atoms with Crippen LogP contribution in [0.2, 0.25) is 0 Å². The van der Waals surface area contributed by atoms with Crippen molar-refractivity contribution in [2.24, 2.45) is 5.92 Å². The van der Waals surface area contributed by atoms with Crippen molar-refractivity contribution >= 4 is 11.3 Å². The van der Waals surface area contributed by atoms with E-state index in [1.807, 2.05) is 23.7 Å². The first-order valence-corrected chi connectivity index (χ1v) is 6.92. The van der Waals surface area contributed by atoms with Gasteiger partial charge in [0.15, 0.2) is 0 Å². The molecule has 2 nitrogen and oxygen atoms in total. The zero-order valence-electron chi connectivity index (χ0n) is 10.6. The molecule has 0 amide bonds. The van der Waals surface area contributed by atoms with E-state index in [1.54, 1.807) is 11.3 Å². The summed E-state index contributed by atoms with van der Waals surface area (Å²) in [4.78, 5) is 4.25. The average Bonchev–Trinajstić information content (AvgIpc) is 2.84. The van der Waals surface area contributed by atoms with Crippen molar-refractivity contribution in [3.05, 3.63) is 52.2 Å². The predicted molar refractivity (Wildman–Crippen MR) is 72.9 cm³/mol. The molecule has 1 aromatic carbocycles. The lowest BCUT2D eigenvalue weighted by Gasteiger charge is -2.22. The van der Waals surface area contributed by atoms with Crippen molar-refractivity contribution < 1.29 is 4.39 Å². The Balaban J connectivity index is 2.06. The van der Waals surface area contributed by atoms with Crippen LogP contribution >= 0.6 is 11.3 Å².